The van der Waals surface area contributed by atoms with Crippen molar-refractivity contribution in [3.63, 3.8) is 0 Å². The van der Waals surface area contributed by atoms with Gasteiger partial charge < -0.3 is 0 Å². The van der Waals surface area contributed by atoms with Gasteiger partial charge in [0.2, 0.25) is 0 Å². The Morgan fingerprint density at radius 1 is 0.917 bits per heavy atom. The Hall–Kier alpha value is -3.48. The van der Waals surface area contributed by atoms with E-state index >= 15 is 0 Å². The average molecular weight is 324 g/mol. The summed E-state index contributed by atoms with van der Waals surface area (Å²) in [4.78, 5) is 28.1. The Kier molecular flexibility index (Phi) is 4.33. The maximum absolute atomic E-state index is 13.0. The predicted octanol–water partition coefficient (Wildman–Crippen LogP) is 2.09. The van der Waals surface area contributed by atoms with Crippen molar-refractivity contribution >= 4 is 11.8 Å². The van der Waals surface area contributed by atoms with Crippen molar-refractivity contribution in [1.82, 2.24) is 20.4 Å². The van der Waals surface area contributed by atoms with Gasteiger partial charge in [-0.15, -0.1) is 0 Å². The first kappa shape index (κ1) is 15.4. The van der Waals surface area contributed by atoms with Gasteiger partial charge in [-0.2, -0.15) is 0 Å². The number of nitrogens with one attached hydrogen (secondary N) is 2. The quantitative estimate of drug-likeness (QED) is 0.724. The van der Waals surface area contributed by atoms with Crippen LogP contribution in [0.25, 0.3) is 5.69 Å². The van der Waals surface area contributed by atoms with E-state index in [1.54, 1.807) is 30.3 Å². The molecule has 1 aromatic heterocycles. The maximum atomic E-state index is 13.0. The van der Waals surface area contributed by atoms with E-state index in [0.717, 1.165) is 0 Å². The molecule has 0 fully saturated rings. The zero-order chi connectivity index (χ0) is 16.9. The first-order valence-electron chi connectivity index (χ1n) is 7.09. The Morgan fingerprint density at radius 2 is 1.58 bits per heavy atom. The average Bonchev–Trinajstić information content (AvgIpc) is 3.10. The third-order valence-electron chi connectivity index (χ3n) is 3.30. The first-order valence-corrected chi connectivity index (χ1v) is 7.09. The van der Waals surface area contributed by atoms with E-state index < -0.39 is 11.8 Å². The normalized spacial score (nSPS) is 10.2. The molecule has 2 N–H and O–H groups in total. The fraction of sp³-hybridized carbons (Fsp3) is 0. The predicted molar refractivity (Wildman–Crippen MR) is 84.9 cm³/mol. The van der Waals surface area contributed by atoms with Crippen molar-refractivity contribution in [1.29, 1.82) is 0 Å². The molecule has 1 heterocycles. The smallest absolute Gasteiger partial charge is 0.288 e. The largest absolute Gasteiger partial charge is 0.295 e. The van der Waals surface area contributed by atoms with Crippen LogP contribution in [0, 0.1) is 5.82 Å². The minimum Gasteiger partial charge on any atom is -0.295 e. The summed E-state index contributed by atoms with van der Waals surface area (Å²) in [7, 11) is 0. The second-order valence-corrected chi connectivity index (χ2v) is 4.90. The second-order valence-electron chi connectivity index (χ2n) is 4.90. The van der Waals surface area contributed by atoms with Gasteiger partial charge in [0, 0.05) is 11.3 Å². The third kappa shape index (κ3) is 3.30. The number of benzene rings is 2. The van der Waals surface area contributed by atoms with Crippen LogP contribution in [0.5, 0.6) is 0 Å². The van der Waals surface area contributed by atoms with Crippen molar-refractivity contribution in [3.8, 4) is 5.69 Å². The SMILES string of the molecule is O=C(NNC(=O)c1cncn1-c1ccc(F)cc1)c1ccccc1. The zero-order valence-electron chi connectivity index (χ0n) is 12.4. The summed E-state index contributed by atoms with van der Waals surface area (Å²) in [5.74, 6) is -1.35. The molecule has 0 spiro atoms. The summed E-state index contributed by atoms with van der Waals surface area (Å²) in [5.41, 5.74) is 5.87. The van der Waals surface area contributed by atoms with Crippen LogP contribution in [0.4, 0.5) is 4.39 Å². The first-order chi connectivity index (χ1) is 11.6. The van der Waals surface area contributed by atoms with Gasteiger partial charge in [-0.3, -0.25) is 25.0 Å². The van der Waals surface area contributed by atoms with E-state index in [2.05, 4.69) is 15.8 Å². The molecule has 0 bridgehead atoms. The Morgan fingerprint density at radius 3 is 2.29 bits per heavy atom. The summed E-state index contributed by atoms with van der Waals surface area (Å²) in [6, 6.07) is 14.1. The van der Waals surface area contributed by atoms with Gasteiger partial charge in [0.05, 0.1) is 12.5 Å². The highest BCUT2D eigenvalue weighted by molar-refractivity contribution is 5.98. The number of hydrazine groups is 1. The fourth-order valence-electron chi connectivity index (χ4n) is 2.11. The van der Waals surface area contributed by atoms with E-state index in [-0.39, 0.29) is 11.5 Å². The molecule has 6 nitrogen and oxygen atoms in total. The van der Waals surface area contributed by atoms with E-state index in [0.29, 0.717) is 11.3 Å². The van der Waals surface area contributed by atoms with Crippen LogP contribution < -0.4 is 10.9 Å². The summed E-state index contributed by atoms with van der Waals surface area (Å²) in [5, 5.41) is 0. The van der Waals surface area contributed by atoms with E-state index in [4.69, 9.17) is 0 Å². The molecule has 2 amide bonds. The number of aromatic nitrogens is 2. The van der Waals surface area contributed by atoms with Crippen molar-refractivity contribution in [3.05, 3.63) is 84.2 Å². The molecule has 0 aliphatic heterocycles. The molecule has 3 rings (SSSR count). The topological polar surface area (TPSA) is 76.0 Å². The number of carbonyl (C=O) groups excluding carboxylic acids is 2. The number of halogens is 1. The number of hydrogen-bond donors (Lipinski definition) is 2. The Balaban J connectivity index is 1.71. The van der Waals surface area contributed by atoms with Crippen LogP contribution in [0.2, 0.25) is 0 Å². The van der Waals surface area contributed by atoms with Crippen molar-refractivity contribution < 1.29 is 14.0 Å². The molecule has 0 aliphatic rings. The molecular weight excluding hydrogens is 311 g/mol. The molecule has 24 heavy (non-hydrogen) atoms. The number of rotatable bonds is 3. The summed E-state index contributed by atoms with van der Waals surface area (Å²) in [6.07, 6.45) is 2.79. The summed E-state index contributed by atoms with van der Waals surface area (Å²) in [6.45, 7) is 0. The number of hydrogen-bond acceptors (Lipinski definition) is 3. The van der Waals surface area contributed by atoms with E-state index in [1.807, 2.05) is 0 Å². The van der Waals surface area contributed by atoms with E-state index in [1.165, 1.54) is 41.4 Å². The third-order valence-corrected chi connectivity index (χ3v) is 3.30. The van der Waals surface area contributed by atoms with Crippen LogP contribution in [0.1, 0.15) is 20.8 Å². The van der Waals surface area contributed by atoms with Gasteiger partial charge in [-0.05, 0) is 36.4 Å². The molecule has 120 valence electrons. The van der Waals surface area contributed by atoms with Gasteiger partial charge in [0.15, 0.2) is 0 Å². The lowest BCUT2D eigenvalue weighted by Gasteiger charge is -2.10. The fourth-order valence-corrected chi connectivity index (χ4v) is 2.11. The highest BCUT2D eigenvalue weighted by Crippen LogP contribution is 2.12. The van der Waals surface area contributed by atoms with Gasteiger partial charge in [0.1, 0.15) is 11.5 Å². The molecule has 0 aliphatic carbocycles. The van der Waals surface area contributed by atoms with Crippen molar-refractivity contribution in [2.75, 3.05) is 0 Å². The van der Waals surface area contributed by atoms with Crippen LogP contribution in [-0.2, 0) is 0 Å². The molecule has 0 saturated carbocycles. The lowest BCUT2D eigenvalue weighted by Crippen LogP contribution is -2.42. The summed E-state index contributed by atoms with van der Waals surface area (Å²) >= 11 is 0. The maximum Gasteiger partial charge on any atom is 0.288 e. The highest BCUT2D eigenvalue weighted by Gasteiger charge is 2.14. The Labute approximate surface area is 136 Å². The molecule has 2 aromatic carbocycles. The number of imidazole rings is 1. The zero-order valence-corrected chi connectivity index (χ0v) is 12.4. The number of amides is 2. The lowest BCUT2D eigenvalue weighted by atomic mass is 10.2. The molecule has 0 radical (unpaired) electrons. The highest BCUT2D eigenvalue weighted by atomic mass is 19.1. The van der Waals surface area contributed by atoms with Gasteiger partial charge >= 0.3 is 0 Å². The molecule has 3 aromatic rings. The lowest BCUT2D eigenvalue weighted by molar-refractivity contribution is 0.0843. The molecule has 0 saturated heterocycles. The molecule has 7 heteroatoms. The van der Waals surface area contributed by atoms with Crippen molar-refractivity contribution in [2.24, 2.45) is 0 Å². The number of carbonyl (C=O) groups is 2. The number of nitrogens with zero attached hydrogens (tertiary/aromatic N) is 2. The van der Waals surface area contributed by atoms with Gasteiger partial charge in [-0.1, -0.05) is 18.2 Å². The standard InChI is InChI=1S/C17H13FN4O2/c18-13-6-8-14(9-7-13)22-11-19-10-15(22)17(24)21-20-16(23)12-4-2-1-3-5-12/h1-11H,(H,20,23)(H,21,24). The summed E-state index contributed by atoms with van der Waals surface area (Å²) < 4.78 is 14.5. The van der Waals surface area contributed by atoms with E-state index in [9.17, 15) is 14.0 Å². The molecular formula is C17H13FN4O2. The van der Waals surface area contributed by atoms with Crippen LogP contribution in [0.3, 0.4) is 0 Å². The van der Waals surface area contributed by atoms with Gasteiger partial charge in [-0.25, -0.2) is 9.37 Å². The minimum absolute atomic E-state index is 0.204. The molecule has 0 atom stereocenters. The van der Waals surface area contributed by atoms with Crippen molar-refractivity contribution in [2.45, 2.75) is 0 Å². The van der Waals surface area contributed by atoms with Crippen LogP contribution in [0.15, 0.2) is 67.1 Å². The second kappa shape index (κ2) is 6.74. The minimum atomic E-state index is -0.541. The Bertz CT molecular complexity index is 860. The van der Waals surface area contributed by atoms with Crippen LogP contribution in [-0.4, -0.2) is 21.4 Å². The van der Waals surface area contributed by atoms with Gasteiger partial charge in [0.25, 0.3) is 11.8 Å². The van der Waals surface area contributed by atoms with Crippen LogP contribution >= 0.6 is 0 Å². The monoisotopic (exact) mass is 324 g/mol. The molecule has 0 unspecified atom stereocenters.